The molecule has 0 saturated heterocycles. The minimum atomic E-state index is -0.285. The summed E-state index contributed by atoms with van der Waals surface area (Å²) in [6.45, 7) is 0. The van der Waals surface area contributed by atoms with Gasteiger partial charge in [0.15, 0.2) is 0 Å². The van der Waals surface area contributed by atoms with Gasteiger partial charge in [-0.1, -0.05) is 15.9 Å². The van der Waals surface area contributed by atoms with Crippen molar-refractivity contribution in [2.45, 2.75) is 12.8 Å². The van der Waals surface area contributed by atoms with E-state index >= 15 is 0 Å². The van der Waals surface area contributed by atoms with Crippen LogP contribution in [0.25, 0.3) is 5.53 Å². The number of ketones is 1. The summed E-state index contributed by atoms with van der Waals surface area (Å²) in [5.41, 5.74) is 10.3. The number of ether oxygens (including phenoxy) is 1. The topological polar surface area (TPSA) is 62.7 Å². The number of hydrogen-bond acceptors (Lipinski definition) is 2. The van der Waals surface area contributed by atoms with Crippen molar-refractivity contribution in [2.24, 2.45) is 0 Å². The molecule has 1 aromatic carbocycles. The number of halogens is 2. The number of methoxy groups -OCH3 is 1. The zero-order valence-corrected chi connectivity index (χ0v) is 12.1. The number of rotatable bonds is 1. The Hall–Kier alpha value is -0.970. The van der Waals surface area contributed by atoms with Crippen molar-refractivity contribution >= 4 is 43.4 Å². The lowest BCUT2D eigenvalue weighted by Crippen LogP contribution is -2.24. The third kappa shape index (κ3) is 1.97. The van der Waals surface area contributed by atoms with E-state index in [1.807, 2.05) is 6.07 Å². The molecule has 17 heavy (non-hydrogen) atoms. The van der Waals surface area contributed by atoms with Gasteiger partial charge in [-0.15, -0.1) is 0 Å². The lowest BCUT2D eigenvalue weighted by Gasteiger charge is -2.18. The molecule has 88 valence electrons. The van der Waals surface area contributed by atoms with E-state index in [9.17, 15) is 4.79 Å². The Morgan fingerprint density at radius 3 is 2.65 bits per heavy atom. The molecule has 0 radical (unpaired) electrons. The maximum atomic E-state index is 12.1. The Balaban J connectivity index is 2.77. The van der Waals surface area contributed by atoms with Crippen LogP contribution in [0.2, 0.25) is 0 Å². The molecule has 2 rings (SSSR count). The van der Waals surface area contributed by atoms with Crippen LogP contribution in [0.4, 0.5) is 0 Å². The number of hydrogen-bond donors (Lipinski definition) is 0. The van der Waals surface area contributed by atoms with Crippen molar-refractivity contribution in [2.75, 3.05) is 7.11 Å². The molecule has 0 unspecified atom stereocenters. The summed E-state index contributed by atoms with van der Waals surface area (Å²) in [5, 5.41) is 0. The molecule has 0 atom stereocenters. The van der Waals surface area contributed by atoms with Gasteiger partial charge in [-0.3, -0.25) is 4.79 Å². The first kappa shape index (κ1) is 12.5. The molecule has 0 fully saturated rings. The lowest BCUT2D eigenvalue weighted by molar-refractivity contribution is -0.00949. The number of carbonyl (C=O) groups is 1. The fourth-order valence-corrected chi connectivity index (χ4v) is 3.44. The molecule has 1 aromatic rings. The summed E-state index contributed by atoms with van der Waals surface area (Å²) in [7, 11) is 1.51. The Morgan fingerprint density at radius 1 is 1.35 bits per heavy atom. The van der Waals surface area contributed by atoms with Gasteiger partial charge in [0.2, 0.25) is 0 Å². The van der Waals surface area contributed by atoms with Crippen LogP contribution < -0.4 is 4.74 Å². The summed E-state index contributed by atoms with van der Waals surface area (Å²) in [6, 6.07) is 1.85. The van der Waals surface area contributed by atoms with Crippen LogP contribution in [0, 0.1) is 0 Å². The molecule has 0 spiro atoms. The van der Waals surface area contributed by atoms with Crippen LogP contribution in [0.3, 0.4) is 0 Å². The normalized spacial score (nSPS) is 14.3. The molecule has 0 N–H and O–H groups in total. The van der Waals surface area contributed by atoms with E-state index in [2.05, 4.69) is 36.6 Å². The Bertz CT molecular complexity index is 543. The van der Waals surface area contributed by atoms with Crippen LogP contribution in [0.15, 0.2) is 15.0 Å². The molecule has 0 aromatic heterocycles. The highest BCUT2D eigenvalue weighted by Crippen LogP contribution is 2.39. The van der Waals surface area contributed by atoms with Crippen LogP contribution in [0.5, 0.6) is 5.75 Å². The lowest BCUT2D eigenvalue weighted by atomic mass is 9.88. The fraction of sp³-hybridized carbons (Fsp3) is 0.273. The second-order valence-corrected chi connectivity index (χ2v) is 5.31. The van der Waals surface area contributed by atoms with Crippen LogP contribution in [0.1, 0.15) is 22.3 Å². The molecule has 0 saturated carbocycles. The highest BCUT2D eigenvalue weighted by molar-refractivity contribution is 9.11. The van der Waals surface area contributed by atoms with Gasteiger partial charge >= 0.3 is 5.71 Å². The van der Waals surface area contributed by atoms with E-state index in [1.54, 1.807) is 0 Å². The Kier molecular flexibility index (Phi) is 3.47. The van der Waals surface area contributed by atoms with E-state index < -0.39 is 0 Å². The van der Waals surface area contributed by atoms with Gasteiger partial charge in [0.1, 0.15) is 5.75 Å². The van der Waals surface area contributed by atoms with Crippen LogP contribution >= 0.6 is 31.9 Å². The quantitative estimate of drug-likeness (QED) is 0.571. The van der Waals surface area contributed by atoms with Crippen molar-refractivity contribution in [1.29, 1.82) is 0 Å². The van der Waals surface area contributed by atoms with Gasteiger partial charge in [0.25, 0.3) is 5.78 Å². The van der Waals surface area contributed by atoms with Crippen molar-refractivity contribution in [3.8, 4) is 5.75 Å². The van der Waals surface area contributed by atoms with E-state index in [4.69, 9.17) is 10.3 Å². The van der Waals surface area contributed by atoms with Gasteiger partial charge in [0, 0.05) is 4.47 Å². The number of benzene rings is 1. The second kappa shape index (κ2) is 4.72. The summed E-state index contributed by atoms with van der Waals surface area (Å²) in [6.07, 6.45) is 1.08. The molecule has 1 aliphatic carbocycles. The van der Waals surface area contributed by atoms with Crippen molar-refractivity contribution in [3.63, 3.8) is 0 Å². The van der Waals surface area contributed by atoms with Crippen molar-refractivity contribution in [1.82, 2.24) is 0 Å². The molecule has 0 heterocycles. The number of fused-ring (bicyclic) bond motifs is 1. The average Bonchev–Trinajstić information content (AvgIpc) is 2.30. The van der Waals surface area contributed by atoms with Crippen molar-refractivity contribution < 1.29 is 14.3 Å². The van der Waals surface area contributed by atoms with Gasteiger partial charge < -0.3 is 10.3 Å². The number of nitrogens with zero attached hydrogens (tertiary/aromatic N) is 2. The maximum Gasteiger partial charge on any atom is 0.339 e. The first-order valence-electron chi connectivity index (χ1n) is 4.90. The first-order chi connectivity index (χ1) is 8.10. The van der Waals surface area contributed by atoms with Crippen LogP contribution in [-0.4, -0.2) is 23.4 Å². The SMILES string of the molecule is COc1c(Br)cc(Br)c2c1C(=O)C(=[N+]=[N-])CC2. The molecule has 0 aliphatic heterocycles. The molecular weight excluding hydrogens is 352 g/mol. The fourth-order valence-electron chi connectivity index (χ4n) is 1.92. The maximum absolute atomic E-state index is 12.1. The standard InChI is InChI=1S/C11H8Br2N2O2/c1-17-11-7(13)4-6(12)5-2-3-8(15-14)10(16)9(5)11/h4H,2-3H2,1H3. The highest BCUT2D eigenvalue weighted by atomic mass is 79.9. The minimum Gasteiger partial charge on any atom is -0.495 e. The summed E-state index contributed by atoms with van der Waals surface area (Å²) >= 11 is 6.77. The molecule has 4 nitrogen and oxygen atoms in total. The largest absolute Gasteiger partial charge is 0.495 e. The Labute approximate surface area is 115 Å². The van der Waals surface area contributed by atoms with Gasteiger partial charge in [-0.05, 0) is 34.0 Å². The molecular formula is C11H8Br2N2O2. The summed E-state index contributed by atoms with van der Waals surface area (Å²) in [4.78, 5) is 15.2. The minimum absolute atomic E-state index is 0.167. The van der Waals surface area contributed by atoms with E-state index in [0.717, 1.165) is 10.0 Å². The second-order valence-electron chi connectivity index (χ2n) is 3.60. The van der Waals surface area contributed by atoms with E-state index in [0.29, 0.717) is 28.6 Å². The molecule has 0 amide bonds. The number of carbonyl (C=O) groups excluding carboxylic acids is 1. The van der Waals surface area contributed by atoms with E-state index in [1.165, 1.54) is 7.11 Å². The molecule has 0 bridgehead atoms. The molecule has 1 aliphatic rings. The first-order valence-corrected chi connectivity index (χ1v) is 6.49. The van der Waals surface area contributed by atoms with Gasteiger partial charge in [0.05, 0.1) is 23.6 Å². The number of Topliss-reactive ketones (excluding diaryl/α,β-unsaturated/α-hetero) is 1. The smallest absolute Gasteiger partial charge is 0.339 e. The van der Waals surface area contributed by atoms with Gasteiger partial charge in [-0.2, -0.15) is 4.79 Å². The summed E-state index contributed by atoms with van der Waals surface area (Å²) in [5.74, 6) is 0.196. The zero-order chi connectivity index (χ0) is 12.6. The third-order valence-electron chi connectivity index (χ3n) is 2.71. The van der Waals surface area contributed by atoms with Crippen molar-refractivity contribution in [3.05, 3.63) is 31.7 Å². The Morgan fingerprint density at radius 2 is 2.06 bits per heavy atom. The van der Waals surface area contributed by atoms with Crippen LogP contribution in [-0.2, 0) is 6.42 Å². The zero-order valence-electron chi connectivity index (χ0n) is 8.96. The average molecular weight is 360 g/mol. The monoisotopic (exact) mass is 358 g/mol. The third-order valence-corrected chi connectivity index (χ3v) is 4.01. The van der Waals surface area contributed by atoms with Gasteiger partial charge in [-0.25, -0.2) is 0 Å². The molecule has 6 heteroatoms. The highest BCUT2D eigenvalue weighted by Gasteiger charge is 2.34. The van der Waals surface area contributed by atoms with E-state index in [-0.39, 0.29) is 11.5 Å². The predicted octanol–water partition coefficient (Wildman–Crippen LogP) is 3.02. The summed E-state index contributed by atoms with van der Waals surface area (Å²) < 4.78 is 6.78. The predicted molar refractivity (Wildman–Crippen MR) is 69.7 cm³/mol.